The summed E-state index contributed by atoms with van der Waals surface area (Å²) in [6, 6.07) is 6.58. The third kappa shape index (κ3) is 2.95. The minimum absolute atomic E-state index is 0.359. The zero-order valence-electron chi connectivity index (χ0n) is 10.6. The lowest BCUT2D eigenvalue weighted by atomic mass is 9.73. The first kappa shape index (κ1) is 12.7. The Labute approximate surface area is 112 Å². The van der Waals surface area contributed by atoms with Crippen molar-refractivity contribution in [3.05, 3.63) is 22.7 Å². The molecule has 1 fully saturated rings. The SMILES string of the molecule is CC1(C)CCCCC1Nc1ccc(Br)cc1N. The maximum Gasteiger partial charge on any atom is 0.0577 e. The minimum Gasteiger partial charge on any atom is -0.397 e. The monoisotopic (exact) mass is 296 g/mol. The van der Waals surface area contributed by atoms with Gasteiger partial charge in [0, 0.05) is 10.5 Å². The van der Waals surface area contributed by atoms with Crippen molar-refractivity contribution in [3.63, 3.8) is 0 Å². The number of hydrogen-bond donors (Lipinski definition) is 2. The Bertz CT molecular complexity index is 401. The average molecular weight is 297 g/mol. The van der Waals surface area contributed by atoms with Crippen LogP contribution in [-0.2, 0) is 0 Å². The molecule has 0 radical (unpaired) electrons. The summed E-state index contributed by atoms with van der Waals surface area (Å²) in [6.07, 6.45) is 5.20. The van der Waals surface area contributed by atoms with E-state index in [1.807, 2.05) is 12.1 Å². The van der Waals surface area contributed by atoms with Gasteiger partial charge in [0.2, 0.25) is 0 Å². The van der Waals surface area contributed by atoms with Gasteiger partial charge >= 0.3 is 0 Å². The van der Waals surface area contributed by atoms with Crippen LogP contribution >= 0.6 is 15.9 Å². The van der Waals surface area contributed by atoms with E-state index in [1.54, 1.807) is 0 Å². The number of hydrogen-bond acceptors (Lipinski definition) is 2. The van der Waals surface area contributed by atoms with Gasteiger partial charge in [0.15, 0.2) is 0 Å². The standard InChI is InChI=1S/C14H21BrN2/c1-14(2)8-4-3-5-13(14)17-12-7-6-10(15)9-11(12)16/h6-7,9,13,17H,3-5,8,16H2,1-2H3. The van der Waals surface area contributed by atoms with Gasteiger partial charge in [0.1, 0.15) is 0 Å². The number of benzene rings is 1. The summed E-state index contributed by atoms with van der Waals surface area (Å²) in [5.41, 5.74) is 8.28. The van der Waals surface area contributed by atoms with Crippen LogP contribution in [-0.4, -0.2) is 6.04 Å². The second-order valence-corrected chi connectivity index (χ2v) is 6.58. The van der Waals surface area contributed by atoms with Gasteiger partial charge in [-0.1, -0.05) is 42.6 Å². The van der Waals surface area contributed by atoms with Crippen LogP contribution < -0.4 is 11.1 Å². The zero-order valence-corrected chi connectivity index (χ0v) is 12.2. The van der Waals surface area contributed by atoms with E-state index in [4.69, 9.17) is 5.73 Å². The number of halogens is 1. The molecule has 1 aromatic rings. The van der Waals surface area contributed by atoms with Crippen molar-refractivity contribution >= 4 is 27.3 Å². The highest BCUT2D eigenvalue weighted by Crippen LogP contribution is 2.38. The number of nitrogens with two attached hydrogens (primary N) is 1. The van der Waals surface area contributed by atoms with E-state index in [0.29, 0.717) is 11.5 Å². The molecule has 0 spiro atoms. The molecule has 94 valence electrons. The van der Waals surface area contributed by atoms with Crippen LogP contribution in [0, 0.1) is 5.41 Å². The molecule has 1 aliphatic rings. The minimum atomic E-state index is 0.359. The molecule has 2 rings (SSSR count). The van der Waals surface area contributed by atoms with E-state index in [-0.39, 0.29) is 0 Å². The molecule has 1 aliphatic carbocycles. The summed E-state index contributed by atoms with van der Waals surface area (Å²) < 4.78 is 1.03. The molecular formula is C14H21BrN2. The van der Waals surface area contributed by atoms with Crippen LogP contribution in [0.2, 0.25) is 0 Å². The molecule has 1 atom stereocenters. The highest BCUT2D eigenvalue weighted by Gasteiger charge is 2.32. The van der Waals surface area contributed by atoms with Crippen LogP contribution in [0.15, 0.2) is 22.7 Å². The van der Waals surface area contributed by atoms with E-state index in [2.05, 4.69) is 41.2 Å². The highest BCUT2D eigenvalue weighted by molar-refractivity contribution is 9.10. The summed E-state index contributed by atoms with van der Waals surface area (Å²) in [7, 11) is 0. The summed E-state index contributed by atoms with van der Waals surface area (Å²) >= 11 is 3.44. The topological polar surface area (TPSA) is 38.0 Å². The van der Waals surface area contributed by atoms with Gasteiger partial charge < -0.3 is 11.1 Å². The lowest BCUT2D eigenvalue weighted by Gasteiger charge is -2.39. The van der Waals surface area contributed by atoms with Crippen LogP contribution in [0.1, 0.15) is 39.5 Å². The van der Waals surface area contributed by atoms with Gasteiger partial charge in [0.25, 0.3) is 0 Å². The summed E-state index contributed by atoms with van der Waals surface area (Å²) in [5, 5.41) is 3.62. The van der Waals surface area contributed by atoms with E-state index < -0.39 is 0 Å². The smallest absolute Gasteiger partial charge is 0.0577 e. The van der Waals surface area contributed by atoms with Gasteiger partial charge in [0.05, 0.1) is 11.4 Å². The van der Waals surface area contributed by atoms with Gasteiger partial charge in [-0.05, 0) is 36.5 Å². The normalized spacial score (nSPS) is 23.4. The molecule has 1 aromatic carbocycles. The van der Waals surface area contributed by atoms with E-state index in [9.17, 15) is 0 Å². The molecule has 0 bridgehead atoms. The first-order valence-corrected chi connectivity index (χ1v) is 7.10. The van der Waals surface area contributed by atoms with Crippen LogP contribution in [0.5, 0.6) is 0 Å². The van der Waals surface area contributed by atoms with Gasteiger partial charge in [-0.3, -0.25) is 0 Å². The lowest BCUT2D eigenvalue weighted by molar-refractivity contribution is 0.217. The Balaban J connectivity index is 2.14. The molecule has 0 heterocycles. The third-order valence-corrected chi connectivity index (χ3v) is 4.34. The fourth-order valence-electron chi connectivity index (χ4n) is 2.61. The van der Waals surface area contributed by atoms with E-state index in [1.165, 1.54) is 25.7 Å². The van der Waals surface area contributed by atoms with Crippen molar-refractivity contribution in [2.24, 2.45) is 5.41 Å². The predicted octanol–water partition coefficient (Wildman–Crippen LogP) is 4.41. The molecule has 1 saturated carbocycles. The van der Waals surface area contributed by atoms with Crippen molar-refractivity contribution in [2.75, 3.05) is 11.1 Å². The molecule has 0 saturated heterocycles. The number of nitrogens with one attached hydrogen (secondary N) is 1. The quantitative estimate of drug-likeness (QED) is 0.793. The van der Waals surface area contributed by atoms with Crippen molar-refractivity contribution in [3.8, 4) is 0 Å². The van der Waals surface area contributed by atoms with Gasteiger partial charge in [-0.25, -0.2) is 0 Å². The summed E-state index contributed by atoms with van der Waals surface area (Å²) in [6.45, 7) is 4.69. The molecule has 1 unspecified atom stereocenters. The molecule has 3 heteroatoms. The van der Waals surface area contributed by atoms with Crippen molar-refractivity contribution in [1.29, 1.82) is 0 Å². The number of nitrogen functional groups attached to an aromatic ring is 1. The fraction of sp³-hybridized carbons (Fsp3) is 0.571. The Morgan fingerprint density at radius 1 is 1.35 bits per heavy atom. The third-order valence-electron chi connectivity index (χ3n) is 3.85. The fourth-order valence-corrected chi connectivity index (χ4v) is 2.99. The Kier molecular flexibility index (Phi) is 3.67. The van der Waals surface area contributed by atoms with Crippen molar-refractivity contribution < 1.29 is 0 Å². The molecule has 0 aromatic heterocycles. The number of anilines is 2. The molecule has 3 N–H and O–H groups in total. The second kappa shape index (κ2) is 4.89. The summed E-state index contributed by atoms with van der Waals surface area (Å²) in [4.78, 5) is 0. The molecule has 2 nitrogen and oxygen atoms in total. The first-order chi connectivity index (χ1) is 7.99. The predicted molar refractivity (Wildman–Crippen MR) is 78.2 cm³/mol. The maximum absolute atomic E-state index is 6.03. The van der Waals surface area contributed by atoms with E-state index >= 15 is 0 Å². The Morgan fingerprint density at radius 2 is 2.12 bits per heavy atom. The highest BCUT2D eigenvalue weighted by atomic mass is 79.9. The van der Waals surface area contributed by atoms with Crippen LogP contribution in [0.4, 0.5) is 11.4 Å². The maximum atomic E-state index is 6.03. The zero-order chi connectivity index (χ0) is 12.5. The molecule has 17 heavy (non-hydrogen) atoms. The Morgan fingerprint density at radius 3 is 2.76 bits per heavy atom. The molecular weight excluding hydrogens is 276 g/mol. The van der Waals surface area contributed by atoms with E-state index in [0.717, 1.165) is 15.8 Å². The summed E-state index contributed by atoms with van der Waals surface area (Å²) in [5.74, 6) is 0. The largest absolute Gasteiger partial charge is 0.397 e. The van der Waals surface area contributed by atoms with Crippen LogP contribution in [0.3, 0.4) is 0 Å². The van der Waals surface area contributed by atoms with Crippen LogP contribution in [0.25, 0.3) is 0 Å². The average Bonchev–Trinajstić information content (AvgIpc) is 2.24. The van der Waals surface area contributed by atoms with Gasteiger partial charge in [-0.15, -0.1) is 0 Å². The molecule has 0 aliphatic heterocycles. The van der Waals surface area contributed by atoms with Crippen molar-refractivity contribution in [1.82, 2.24) is 0 Å². The number of rotatable bonds is 2. The second-order valence-electron chi connectivity index (χ2n) is 5.66. The molecule has 0 amide bonds. The Hall–Kier alpha value is -0.700. The van der Waals surface area contributed by atoms with Gasteiger partial charge in [-0.2, -0.15) is 0 Å². The lowest BCUT2D eigenvalue weighted by Crippen LogP contribution is -2.39. The van der Waals surface area contributed by atoms with Crippen molar-refractivity contribution in [2.45, 2.75) is 45.6 Å². The first-order valence-electron chi connectivity index (χ1n) is 6.30.